The Hall–Kier alpha value is -0.160. The highest BCUT2D eigenvalue weighted by molar-refractivity contribution is 4.87. The van der Waals surface area contributed by atoms with Crippen LogP contribution >= 0.6 is 0 Å². The summed E-state index contributed by atoms with van der Waals surface area (Å²) in [6.07, 6.45) is 4.82. The highest BCUT2D eigenvalue weighted by Crippen LogP contribution is 2.31. The van der Waals surface area contributed by atoms with Gasteiger partial charge < -0.3 is 19.7 Å². The Morgan fingerprint density at radius 3 is 2.33 bits per heavy atom. The van der Waals surface area contributed by atoms with Gasteiger partial charge in [0.05, 0.1) is 0 Å². The molecular formula is C17H34N2O2. The number of nitrogens with one attached hydrogen (secondary N) is 1. The number of ether oxygens (including phenoxy) is 2. The molecule has 4 heteroatoms. The van der Waals surface area contributed by atoms with Crippen LogP contribution in [0.5, 0.6) is 0 Å². The smallest absolute Gasteiger partial charge is 0.0472 e. The lowest BCUT2D eigenvalue weighted by Crippen LogP contribution is -2.48. The predicted octanol–water partition coefficient (Wildman–Crippen LogP) is 2.14. The van der Waals surface area contributed by atoms with Gasteiger partial charge in [-0.05, 0) is 44.1 Å². The topological polar surface area (TPSA) is 33.7 Å². The maximum atomic E-state index is 5.60. The second kappa shape index (κ2) is 8.47. The number of hydrogen-bond donors (Lipinski definition) is 1. The van der Waals surface area contributed by atoms with Gasteiger partial charge in [0.15, 0.2) is 0 Å². The zero-order valence-electron chi connectivity index (χ0n) is 14.2. The second-order valence-corrected chi connectivity index (χ2v) is 7.40. The van der Waals surface area contributed by atoms with Crippen molar-refractivity contribution in [2.45, 2.75) is 45.6 Å². The van der Waals surface area contributed by atoms with Crippen molar-refractivity contribution in [2.75, 3.05) is 53.1 Å². The molecule has 0 unspecified atom stereocenters. The van der Waals surface area contributed by atoms with Crippen LogP contribution in [0.15, 0.2) is 0 Å². The van der Waals surface area contributed by atoms with E-state index in [4.69, 9.17) is 9.47 Å². The fourth-order valence-electron chi connectivity index (χ4n) is 3.62. The Morgan fingerprint density at radius 2 is 1.71 bits per heavy atom. The van der Waals surface area contributed by atoms with Crippen molar-refractivity contribution in [3.05, 3.63) is 0 Å². The molecule has 0 aromatic carbocycles. The summed E-state index contributed by atoms with van der Waals surface area (Å²) in [5.74, 6) is 0.818. The first kappa shape index (κ1) is 17.2. The Kier molecular flexibility index (Phi) is 6.93. The van der Waals surface area contributed by atoms with Gasteiger partial charge in [-0.3, -0.25) is 0 Å². The van der Waals surface area contributed by atoms with Gasteiger partial charge in [0.25, 0.3) is 0 Å². The molecule has 0 aromatic heterocycles. The molecule has 0 bridgehead atoms. The van der Waals surface area contributed by atoms with Crippen LogP contribution in [0.2, 0.25) is 0 Å². The molecule has 2 saturated heterocycles. The van der Waals surface area contributed by atoms with Crippen molar-refractivity contribution in [3.63, 3.8) is 0 Å². The van der Waals surface area contributed by atoms with E-state index in [1.165, 1.54) is 38.8 Å². The van der Waals surface area contributed by atoms with Gasteiger partial charge in [0, 0.05) is 52.1 Å². The lowest BCUT2D eigenvalue weighted by Gasteiger charge is -2.41. The molecule has 0 radical (unpaired) electrons. The third-order valence-electron chi connectivity index (χ3n) is 4.95. The fraction of sp³-hybridized carbons (Fsp3) is 1.00. The summed E-state index contributed by atoms with van der Waals surface area (Å²) in [7, 11) is 2.29. The third kappa shape index (κ3) is 5.85. The van der Waals surface area contributed by atoms with Crippen LogP contribution in [0.4, 0.5) is 0 Å². The van der Waals surface area contributed by atoms with E-state index in [0.717, 1.165) is 38.9 Å². The zero-order chi connectivity index (χ0) is 15.1. The monoisotopic (exact) mass is 298 g/mol. The lowest BCUT2D eigenvalue weighted by atomic mass is 9.79. The first-order valence-electron chi connectivity index (χ1n) is 8.67. The molecule has 0 aromatic rings. The SMILES string of the molecule is CC(C)NCC1(CN(C)CC2CCOCC2)CCOCC1. The first-order valence-corrected chi connectivity index (χ1v) is 8.67. The van der Waals surface area contributed by atoms with E-state index in [0.29, 0.717) is 11.5 Å². The number of hydrogen-bond acceptors (Lipinski definition) is 4. The fourth-order valence-corrected chi connectivity index (χ4v) is 3.62. The minimum atomic E-state index is 0.391. The molecule has 2 heterocycles. The van der Waals surface area contributed by atoms with Crippen molar-refractivity contribution in [1.29, 1.82) is 0 Å². The van der Waals surface area contributed by atoms with Crippen LogP contribution in [-0.2, 0) is 9.47 Å². The number of rotatable bonds is 7. The molecule has 21 heavy (non-hydrogen) atoms. The van der Waals surface area contributed by atoms with Crippen LogP contribution in [-0.4, -0.2) is 64.1 Å². The average molecular weight is 298 g/mol. The Morgan fingerprint density at radius 1 is 1.10 bits per heavy atom. The molecule has 4 nitrogen and oxygen atoms in total. The van der Waals surface area contributed by atoms with Gasteiger partial charge in [-0.1, -0.05) is 13.8 Å². The summed E-state index contributed by atoms with van der Waals surface area (Å²) in [5.41, 5.74) is 0.391. The molecule has 0 atom stereocenters. The van der Waals surface area contributed by atoms with Gasteiger partial charge in [-0.25, -0.2) is 0 Å². The molecule has 2 aliphatic rings. The molecule has 2 aliphatic heterocycles. The van der Waals surface area contributed by atoms with Gasteiger partial charge in [0.2, 0.25) is 0 Å². The molecule has 2 fully saturated rings. The molecule has 0 amide bonds. The summed E-state index contributed by atoms with van der Waals surface area (Å²) in [5, 5.41) is 3.66. The zero-order valence-corrected chi connectivity index (χ0v) is 14.2. The van der Waals surface area contributed by atoms with E-state index >= 15 is 0 Å². The number of nitrogens with zero attached hydrogens (tertiary/aromatic N) is 1. The van der Waals surface area contributed by atoms with Crippen molar-refractivity contribution in [2.24, 2.45) is 11.3 Å². The summed E-state index contributed by atoms with van der Waals surface area (Å²) >= 11 is 0. The summed E-state index contributed by atoms with van der Waals surface area (Å²) < 4.78 is 11.1. The summed E-state index contributed by atoms with van der Waals surface area (Å²) in [6.45, 7) is 11.7. The highest BCUT2D eigenvalue weighted by Gasteiger charge is 2.34. The quantitative estimate of drug-likeness (QED) is 0.781. The molecule has 0 aliphatic carbocycles. The van der Waals surface area contributed by atoms with E-state index in [1.807, 2.05) is 0 Å². The van der Waals surface area contributed by atoms with Crippen molar-refractivity contribution < 1.29 is 9.47 Å². The molecular weight excluding hydrogens is 264 g/mol. The predicted molar refractivity (Wildman–Crippen MR) is 86.7 cm³/mol. The van der Waals surface area contributed by atoms with Crippen molar-refractivity contribution in [1.82, 2.24) is 10.2 Å². The van der Waals surface area contributed by atoms with Crippen LogP contribution in [0.3, 0.4) is 0 Å². The maximum absolute atomic E-state index is 5.60. The van der Waals surface area contributed by atoms with Crippen molar-refractivity contribution >= 4 is 0 Å². The van der Waals surface area contributed by atoms with Gasteiger partial charge >= 0.3 is 0 Å². The second-order valence-electron chi connectivity index (χ2n) is 7.40. The standard InChI is InChI=1S/C17H34N2O2/c1-15(2)18-13-17(6-10-21-11-7-17)14-19(3)12-16-4-8-20-9-5-16/h15-16,18H,4-14H2,1-3H3. The van der Waals surface area contributed by atoms with Crippen LogP contribution < -0.4 is 5.32 Å². The Bertz CT molecular complexity index is 285. The summed E-state index contributed by atoms with van der Waals surface area (Å²) in [6, 6.07) is 0.561. The highest BCUT2D eigenvalue weighted by atomic mass is 16.5. The Balaban J connectivity index is 1.84. The normalized spacial score (nSPS) is 23.9. The van der Waals surface area contributed by atoms with E-state index < -0.39 is 0 Å². The minimum Gasteiger partial charge on any atom is -0.381 e. The molecule has 124 valence electrons. The van der Waals surface area contributed by atoms with Crippen molar-refractivity contribution in [3.8, 4) is 0 Å². The maximum Gasteiger partial charge on any atom is 0.0472 e. The molecule has 2 rings (SSSR count). The van der Waals surface area contributed by atoms with E-state index in [-0.39, 0.29) is 0 Å². The lowest BCUT2D eigenvalue weighted by molar-refractivity contribution is -0.00762. The van der Waals surface area contributed by atoms with E-state index in [9.17, 15) is 0 Å². The van der Waals surface area contributed by atoms with Crippen LogP contribution in [0, 0.1) is 11.3 Å². The largest absolute Gasteiger partial charge is 0.381 e. The van der Waals surface area contributed by atoms with Crippen LogP contribution in [0.25, 0.3) is 0 Å². The minimum absolute atomic E-state index is 0.391. The average Bonchev–Trinajstić information content (AvgIpc) is 2.47. The summed E-state index contributed by atoms with van der Waals surface area (Å²) in [4.78, 5) is 2.56. The van der Waals surface area contributed by atoms with Gasteiger partial charge in [-0.15, -0.1) is 0 Å². The Labute approximate surface area is 130 Å². The molecule has 0 spiro atoms. The molecule has 0 saturated carbocycles. The van der Waals surface area contributed by atoms with Gasteiger partial charge in [0.1, 0.15) is 0 Å². The van der Waals surface area contributed by atoms with Gasteiger partial charge in [-0.2, -0.15) is 0 Å². The van der Waals surface area contributed by atoms with Crippen LogP contribution in [0.1, 0.15) is 39.5 Å². The first-order chi connectivity index (χ1) is 10.1. The van der Waals surface area contributed by atoms with E-state index in [2.05, 4.69) is 31.1 Å². The molecule has 1 N–H and O–H groups in total. The van der Waals surface area contributed by atoms with E-state index in [1.54, 1.807) is 0 Å². The third-order valence-corrected chi connectivity index (χ3v) is 4.95.